The van der Waals surface area contributed by atoms with Crippen molar-refractivity contribution in [1.82, 2.24) is 16.0 Å². The summed E-state index contributed by atoms with van der Waals surface area (Å²) >= 11 is 1.37. The van der Waals surface area contributed by atoms with Crippen molar-refractivity contribution in [2.75, 3.05) is 6.54 Å². The van der Waals surface area contributed by atoms with Crippen molar-refractivity contribution in [2.45, 2.75) is 57.0 Å². The third kappa shape index (κ3) is 5.87. The van der Waals surface area contributed by atoms with Gasteiger partial charge in [0.1, 0.15) is 0 Å². The number of hydrogen-bond donors (Lipinski definition) is 3. The van der Waals surface area contributed by atoms with E-state index in [-0.39, 0.29) is 60.8 Å². The number of amides is 3. The normalized spacial score (nSPS) is 19.3. The first-order valence-corrected chi connectivity index (χ1v) is 12.4. The smallest absolute Gasteiger partial charge is 0.223 e. The number of carbonyl (C=O) groups is 4. The fourth-order valence-corrected chi connectivity index (χ4v) is 5.03. The number of rotatable bonds is 10. The van der Waals surface area contributed by atoms with Crippen LogP contribution in [0.1, 0.15) is 65.4 Å². The quantitative estimate of drug-likeness (QED) is 0.467. The van der Waals surface area contributed by atoms with Crippen molar-refractivity contribution in [3.05, 3.63) is 57.8 Å². The molecule has 1 fully saturated rings. The third-order valence-corrected chi connectivity index (χ3v) is 7.31. The molecular formula is C25H29N3O4S. The Morgan fingerprint density at radius 2 is 1.70 bits per heavy atom. The average molecular weight is 468 g/mol. The van der Waals surface area contributed by atoms with Gasteiger partial charge in [-0.05, 0) is 41.8 Å². The molecule has 0 aliphatic heterocycles. The summed E-state index contributed by atoms with van der Waals surface area (Å²) in [5.74, 6) is -0.281. The van der Waals surface area contributed by atoms with Gasteiger partial charge in [-0.25, -0.2) is 0 Å². The number of nitrogens with one attached hydrogen (secondary N) is 3. The molecule has 1 aromatic heterocycles. The molecule has 3 N–H and O–H groups in total. The number of thiophene rings is 1. The number of fused-ring (bicyclic) bond motifs is 1. The molecule has 4 rings (SSSR count). The molecule has 0 spiro atoms. The predicted octanol–water partition coefficient (Wildman–Crippen LogP) is 2.92. The molecule has 0 unspecified atom stereocenters. The van der Waals surface area contributed by atoms with E-state index < -0.39 is 0 Å². The van der Waals surface area contributed by atoms with E-state index in [9.17, 15) is 19.2 Å². The van der Waals surface area contributed by atoms with Gasteiger partial charge in [0.05, 0.1) is 17.0 Å². The van der Waals surface area contributed by atoms with Gasteiger partial charge in [0.15, 0.2) is 5.78 Å². The molecule has 174 valence electrons. The van der Waals surface area contributed by atoms with Gasteiger partial charge in [-0.15, -0.1) is 11.3 Å². The molecule has 1 saturated carbocycles. The van der Waals surface area contributed by atoms with Crippen LogP contribution in [0.15, 0.2) is 41.8 Å². The van der Waals surface area contributed by atoms with E-state index in [0.717, 1.165) is 30.4 Å². The monoisotopic (exact) mass is 467 g/mol. The van der Waals surface area contributed by atoms with E-state index in [0.29, 0.717) is 17.8 Å². The van der Waals surface area contributed by atoms with Crippen LogP contribution in [-0.4, -0.2) is 36.1 Å². The van der Waals surface area contributed by atoms with Crippen LogP contribution in [0.2, 0.25) is 0 Å². The zero-order valence-electron chi connectivity index (χ0n) is 18.5. The number of ketones is 1. The molecule has 7 nitrogen and oxygen atoms in total. The highest BCUT2D eigenvalue weighted by atomic mass is 32.1. The largest absolute Gasteiger partial charge is 0.355 e. The second-order valence-electron chi connectivity index (χ2n) is 8.69. The Bertz CT molecular complexity index is 1020. The van der Waals surface area contributed by atoms with E-state index in [1.165, 1.54) is 11.3 Å². The van der Waals surface area contributed by atoms with Crippen LogP contribution in [0.5, 0.6) is 0 Å². The minimum atomic E-state index is -0.348. The van der Waals surface area contributed by atoms with Gasteiger partial charge >= 0.3 is 0 Å². The summed E-state index contributed by atoms with van der Waals surface area (Å²) in [5, 5.41) is 10.7. The molecule has 1 heterocycles. The molecule has 0 radical (unpaired) electrons. The molecule has 3 amide bonds. The van der Waals surface area contributed by atoms with Crippen LogP contribution < -0.4 is 16.0 Å². The van der Waals surface area contributed by atoms with Gasteiger partial charge in [-0.2, -0.15) is 0 Å². The second kappa shape index (κ2) is 10.7. The number of carbonyl (C=O) groups excluding carboxylic acids is 4. The average Bonchev–Trinajstić information content (AvgIpc) is 3.40. The first kappa shape index (κ1) is 23.2. The molecule has 33 heavy (non-hydrogen) atoms. The Balaban J connectivity index is 1.29. The van der Waals surface area contributed by atoms with Crippen LogP contribution in [0.25, 0.3) is 0 Å². The van der Waals surface area contributed by atoms with E-state index in [2.05, 4.69) is 16.0 Å². The maximum Gasteiger partial charge on any atom is 0.223 e. The highest BCUT2D eigenvalue weighted by Gasteiger charge is 2.34. The summed E-state index contributed by atoms with van der Waals surface area (Å²) in [7, 11) is 0. The van der Waals surface area contributed by atoms with Crippen molar-refractivity contribution in [3.8, 4) is 0 Å². The van der Waals surface area contributed by atoms with Crippen LogP contribution in [0, 0.1) is 5.92 Å². The second-order valence-corrected chi connectivity index (χ2v) is 9.64. The van der Waals surface area contributed by atoms with Crippen LogP contribution in [-0.2, 0) is 20.8 Å². The van der Waals surface area contributed by atoms with E-state index >= 15 is 0 Å². The summed E-state index contributed by atoms with van der Waals surface area (Å²) in [6.07, 6.45) is 4.02. The Labute approximate surface area is 197 Å². The van der Waals surface area contributed by atoms with Gasteiger partial charge in [-0.1, -0.05) is 36.8 Å². The van der Waals surface area contributed by atoms with Gasteiger partial charge in [0.2, 0.25) is 17.7 Å². The minimum absolute atomic E-state index is 0.0320. The lowest BCUT2D eigenvalue weighted by Gasteiger charge is -2.25. The Morgan fingerprint density at radius 1 is 0.909 bits per heavy atom. The lowest BCUT2D eigenvalue weighted by molar-refractivity contribution is -0.128. The summed E-state index contributed by atoms with van der Waals surface area (Å²) < 4.78 is 0. The predicted molar refractivity (Wildman–Crippen MR) is 126 cm³/mol. The highest BCUT2D eigenvalue weighted by molar-refractivity contribution is 7.12. The first-order chi connectivity index (χ1) is 16.0. The van der Waals surface area contributed by atoms with Crippen LogP contribution in [0.4, 0.5) is 0 Å². The lowest BCUT2D eigenvalue weighted by Crippen LogP contribution is -2.45. The molecular weight excluding hydrogens is 438 g/mol. The Morgan fingerprint density at radius 3 is 2.42 bits per heavy atom. The summed E-state index contributed by atoms with van der Waals surface area (Å²) in [4.78, 5) is 50.0. The number of benzene rings is 1. The number of Topliss-reactive ketones (excluding diaryl/α,β-unsaturated/α-hetero) is 1. The molecule has 2 aliphatic rings. The van der Waals surface area contributed by atoms with E-state index in [4.69, 9.17) is 0 Å². The van der Waals surface area contributed by atoms with Crippen molar-refractivity contribution < 1.29 is 19.2 Å². The lowest BCUT2D eigenvalue weighted by atomic mass is 9.85. The molecule has 8 heteroatoms. The fraction of sp³-hybridized carbons (Fsp3) is 0.440. The molecule has 2 aliphatic carbocycles. The van der Waals surface area contributed by atoms with Crippen molar-refractivity contribution in [1.29, 1.82) is 0 Å². The van der Waals surface area contributed by atoms with Crippen LogP contribution >= 0.6 is 11.3 Å². The maximum absolute atomic E-state index is 12.6. The van der Waals surface area contributed by atoms with Gasteiger partial charge in [-0.3, -0.25) is 19.2 Å². The zero-order chi connectivity index (χ0) is 23.2. The standard InChI is InChI=1S/C25H29N3O4S/c29-20(21-9-4-14-33-21)10-11-22(30)28-24-18-8-2-1-5-17(18)15-19(24)27-23(31)12-13-26-25(32)16-6-3-7-16/h1-2,4-5,8-9,14,16,19,24H,3,6-7,10-13,15H2,(H,26,32)(H,27,31)(H,28,30)/t19-,24-/m1/s1. The zero-order valence-corrected chi connectivity index (χ0v) is 19.3. The Hall–Kier alpha value is -3.00. The van der Waals surface area contributed by atoms with Gasteiger partial charge in [0.25, 0.3) is 0 Å². The summed E-state index contributed by atoms with van der Waals surface area (Å²) in [6, 6.07) is 10.8. The van der Waals surface area contributed by atoms with Gasteiger partial charge in [0, 0.05) is 31.7 Å². The summed E-state index contributed by atoms with van der Waals surface area (Å²) in [5.41, 5.74) is 2.07. The Kier molecular flexibility index (Phi) is 7.54. The van der Waals surface area contributed by atoms with E-state index in [1.807, 2.05) is 35.7 Å². The third-order valence-electron chi connectivity index (χ3n) is 6.40. The van der Waals surface area contributed by atoms with Gasteiger partial charge < -0.3 is 16.0 Å². The number of hydrogen-bond acceptors (Lipinski definition) is 5. The minimum Gasteiger partial charge on any atom is -0.355 e. The van der Waals surface area contributed by atoms with Crippen molar-refractivity contribution in [3.63, 3.8) is 0 Å². The first-order valence-electron chi connectivity index (χ1n) is 11.5. The topological polar surface area (TPSA) is 104 Å². The SMILES string of the molecule is O=C(CCC(=O)c1cccs1)N[C@@H]1c2ccccc2C[C@H]1NC(=O)CCNC(=O)C1CCC1. The molecule has 2 atom stereocenters. The maximum atomic E-state index is 12.6. The molecule has 2 aromatic rings. The van der Waals surface area contributed by atoms with E-state index in [1.54, 1.807) is 6.07 Å². The van der Waals surface area contributed by atoms with Crippen LogP contribution in [0.3, 0.4) is 0 Å². The highest BCUT2D eigenvalue weighted by Crippen LogP contribution is 2.31. The van der Waals surface area contributed by atoms with Crippen molar-refractivity contribution >= 4 is 34.8 Å². The summed E-state index contributed by atoms with van der Waals surface area (Å²) in [6.45, 7) is 0.308. The van der Waals surface area contributed by atoms with Crippen molar-refractivity contribution in [2.24, 2.45) is 5.92 Å². The molecule has 1 aromatic carbocycles. The molecule has 0 bridgehead atoms. The molecule has 0 saturated heterocycles. The fourth-order valence-electron chi connectivity index (χ4n) is 4.33.